The highest BCUT2D eigenvalue weighted by Gasteiger charge is 2.05. The fourth-order valence-corrected chi connectivity index (χ4v) is 1.83. The van der Waals surface area contributed by atoms with Gasteiger partial charge in [0.25, 0.3) is 0 Å². The van der Waals surface area contributed by atoms with Gasteiger partial charge in [0.1, 0.15) is 17.7 Å². The number of halogens is 1. The third-order valence-corrected chi connectivity index (χ3v) is 2.85. The molecule has 0 saturated carbocycles. The van der Waals surface area contributed by atoms with Gasteiger partial charge in [-0.15, -0.1) is 11.6 Å². The van der Waals surface area contributed by atoms with Gasteiger partial charge in [-0.3, -0.25) is 0 Å². The maximum absolute atomic E-state index is 5.75. The topological polar surface area (TPSA) is 54.5 Å². The SMILES string of the molecule is ClCc1ccc(-c2nc3ncncc3[nH]2)cc1. The lowest BCUT2D eigenvalue weighted by Gasteiger charge is -1.97. The summed E-state index contributed by atoms with van der Waals surface area (Å²) in [4.78, 5) is 15.6. The molecule has 0 radical (unpaired) electrons. The van der Waals surface area contributed by atoms with Crippen molar-refractivity contribution in [3.05, 3.63) is 42.4 Å². The molecule has 3 aromatic rings. The molecule has 0 fully saturated rings. The number of benzene rings is 1. The molecule has 0 bridgehead atoms. The van der Waals surface area contributed by atoms with E-state index in [1.807, 2.05) is 24.3 Å². The Labute approximate surface area is 103 Å². The van der Waals surface area contributed by atoms with Crippen molar-refractivity contribution in [3.8, 4) is 11.4 Å². The summed E-state index contributed by atoms with van der Waals surface area (Å²) in [5.74, 6) is 1.31. The molecule has 1 aromatic carbocycles. The number of fused-ring (bicyclic) bond motifs is 1. The van der Waals surface area contributed by atoms with E-state index >= 15 is 0 Å². The second-order valence-electron chi connectivity index (χ2n) is 3.68. The standard InChI is InChI=1S/C12H9ClN4/c13-5-8-1-3-9(4-2-8)11-16-10-6-14-7-15-12(10)17-11/h1-4,6-7H,5H2,(H,14,15,16,17). The Kier molecular flexibility index (Phi) is 2.49. The van der Waals surface area contributed by atoms with Gasteiger partial charge in [0.2, 0.25) is 0 Å². The van der Waals surface area contributed by atoms with Crippen LogP contribution in [0.15, 0.2) is 36.8 Å². The molecule has 2 aromatic heterocycles. The Morgan fingerprint density at radius 3 is 2.71 bits per heavy atom. The first kappa shape index (κ1) is 10.2. The summed E-state index contributed by atoms with van der Waals surface area (Å²) in [6.07, 6.45) is 3.20. The first-order valence-corrected chi connectivity index (χ1v) is 5.71. The second kappa shape index (κ2) is 4.14. The molecule has 84 valence electrons. The van der Waals surface area contributed by atoms with Gasteiger partial charge < -0.3 is 4.98 Å². The number of imidazole rings is 1. The van der Waals surface area contributed by atoms with Crippen LogP contribution in [0.1, 0.15) is 5.56 Å². The summed E-state index contributed by atoms with van der Waals surface area (Å²) in [5, 5.41) is 0. The Bertz CT molecular complexity index is 612. The molecule has 3 rings (SSSR count). The molecule has 0 spiro atoms. The molecule has 0 atom stereocenters. The van der Waals surface area contributed by atoms with Crippen molar-refractivity contribution in [3.63, 3.8) is 0 Å². The minimum Gasteiger partial charge on any atom is -0.335 e. The molecule has 17 heavy (non-hydrogen) atoms. The van der Waals surface area contributed by atoms with Crippen molar-refractivity contribution in [1.82, 2.24) is 19.9 Å². The average Bonchev–Trinajstić information content (AvgIpc) is 2.82. The number of rotatable bonds is 2. The van der Waals surface area contributed by atoms with Gasteiger partial charge in [-0.1, -0.05) is 24.3 Å². The number of aromatic amines is 1. The van der Waals surface area contributed by atoms with Crippen molar-refractivity contribution in [1.29, 1.82) is 0 Å². The molecule has 0 aliphatic heterocycles. The van der Waals surface area contributed by atoms with Crippen LogP contribution in [0.2, 0.25) is 0 Å². The minimum absolute atomic E-state index is 0.520. The van der Waals surface area contributed by atoms with E-state index in [2.05, 4.69) is 19.9 Å². The van der Waals surface area contributed by atoms with Crippen LogP contribution in [-0.2, 0) is 5.88 Å². The van der Waals surface area contributed by atoms with E-state index in [4.69, 9.17) is 11.6 Å². The second-order valence-corrected chi connectivity index (χ2v) is 3.94. The maximum Gasteiger partial charge on any atom is 0.181 e. The first-order chi connectivity index (χ1) is 8.36. The van der Waals surface area contributed by atoms with Crippen LogP contribution >= 0.6 is 11.6 Å². The average molecular weight is 245 g/mol. The van der Waals surface area contributed by atoms with Crippen LogP contribution in [0.25, 0.3) is 22.6 Å². The fourth-order valence-electron chi connectivity index (χ4n) is 1.65. The van der Waals surface area contributed by atoms with Crippen molar-refractivity contribution in [2.24, 2.45) is 0 Å². The summed E-state index contributed by atoms with van der Waals surface area (Å²) in [5.41, 5.74) is 3.61. The van der Waals surface area contributed by atoms with Crippen LogP contribution in [0, 0.1) is 0 Å². The highest BCUT2D eigenvalue weighted by molar-refractivity contribution is 6.17. The maximum atomic E-state index is 5.75. The van der Waals surface area contributed by atoms with E-state index < -0.39 is 0 Å². The number of hydrogen-bond acceptors (Lipinski definition) is 3. The Balaban J connectivity index is 2.07. The summed E-state index contributed by atoms with van der Waals surface area (Å²) < 4.78 is 0. The van der Waals surface area contributed by atoms with E-state index in [0.717, 1.165) is 22.5 Å². The lowest BCUT2D eigenvalue weighted by molar-refractivity contribution is 1.20. The molecule has 1 N–H and O–H groups in total. The zero-order valence-corrected chi connectivity index (χ0v) is 9.65. The van der Waals surface area contributed by atoms with Crippen molar-refractivity contribution in [2.75, 3.05) is 0 Å². The van der Waals surface area contributed by atoms with Crippen LogP contribution in [0.5, 0.6) is 0 Å². The van der Waals surface area contributed by atoms with Gasteiger partial charge in [0, 0.05) is 11.4 Å². The monoisotopic (exact) mass is 244 g/mol. The molecule has 4 nitrogen and oxygen atoms in total. The van der Waals surface area contributed by atoms with Gasteiger partial charge in [-0.05, 0) is 5.56 Å². The van der Waals surface area contributed by atoms with Gasteiger partial charge in [-0.25, -0.2) is 15.0 Å². The normalized spacial score (nSPS) is 10.9. The molecular weight excluding hydrogens is 236 g/mol. The predicted octanol–water partition coefficient (Wildman–Crippen LogP) is 2.76. The van der Waals surface area contributed by atoms with Crippen molar-refractivity contribution >= 4 is 22.8 Å². The largest absolute Gasteiger partial charge is 0.335 e. The van der Waals surface area contributed by atoms with Gasteiger partial charge in [0.05, 0.1) is 6.20 Å². The molecule has 5 heteroatoms. The van der Waals surface area contributed by atoms with Crippen molar-refractivity contribution in [2.45, 2.75) is 5.88 Å². The van der Waals surface area contributed by atoms with E-state index in [1.54, 1.807) is 6.20 Å². The summed E-state index contributed by atoms with van der Waals surface area (Å²) in [7, 11) is 0. The number of hydrogen-bond donors (Lipinski definition) is 1. The lowest BCUT2D eigenvalue weighted by atomic mass is 10.1. The Morgan fingerprint density at radius 2 is 2.00 bits per heavy atom. The molecule has 0 amide bonds. The van der Waals surface area contributed by atoms with Crippen LogP contribution < -0.4 is 0 Å². The number of alkyl halides is 1. The highest BCUT2D eigenvalue weighted by Crippen LogP contribution is 2.19. The minimum atomic E-state index is 0.520. The van der Waals surface area contributed by atoms with E-state index in [9.17, 15) is 0 Å². The first-order valence-electron chi connectivity index (χ1n) is 5.18. The van der Waals surface area contributed by atoms with Crippen LogP contribution in [0.4, 0.5) is 0 Å². The summed E-state index contributed by atoms with van der Waals surface area (Å²) in [6, 6.07) is 7.95. The van der Waals surface area contributed by atoms with E-state index in [0.29, 0.717) is 11.5 Å². The number of nitrogens with zero attached hydrogens (tertiary/aromatic N) is 3. The molecule has 0 aliphatic rings. The zero-order valence-electron chi connectivity index (χ0n) is 8.89. The quantitative estimate of drug-likeness (QED) is 0.706. The van der Waals surface area contributed by atoms with Gasteiger partial charge >= 0.3 is 0 Å². The third kappa shape index (κ3) is 1.87. The lowest BCUT2D eigenvalue weighted by Crippen LogP contribution is -1.82. The van der Waals surface area contributed by atoms with Gasteiger partial charge in [-0.2, -0.15) is 0 Å². The molecule has 0 unspecified atom stereocenters. The molecule has 0 saturated heterocycles. The molecule has 2 heterocycles. The smallest absolute Gasteiger partial charge is 0.181 e. The fraction of sp³-hybridized carbons (Fsp3) is 0.0833. The molecule has 0 aliphatic carbocycles. The van der Waals surface area contributed by atoms with Crippen molar-refractivity contribution < 1.29 is 0 Å². The summed E-state index contributed by atoms with van der Waals surface area (Å²) >= 11 is 5.75. The summed E-state index contributed by atoms with van der Waals surface area (Å²) in [6.45, 7) is 0. The Hall–Kier alpha value is -1.94. The van der Waals surface area contributed by atoms with Gasteiger partial charge in [0.15, 0.2) is 5.65 Å². The third-order valence-electron chi connectivity index (χ3n) is 2.54. The number of H-pyrrole nitrogens is 1. The highest BCUT2D eigenvalue weighted by atomic mass is 35.5. The van der Waals surface area contributed by atoms with Crippen LogP contribution in [-0.4, -0.2) is 19.9 Å². The van der Waals surface area contributed by atoms with E-state index in [1.165, 1.54) is 6.33 Å². The Morgan fingerprint density at radius 1 is 1.18 bits per heavy atom. The number of nitrogens with one attached hydrogen (secondary N) is 1. The zero-order chi connectivity index (χ0) is 11.7. The van der Waals surface area contributed by atoms with E-state index in [-0.39, 0.29) is 0 Å². The molecular formula is C12H9ClN4. The van der Waals surface area contributed by atoms with Crippen LogP contribution in [0.3, 0.4) is 0 Å². The predicted molar refractivity (Wildman–Crippen MR) is 66.7 cm³/mol. The number of aromatic nitrogens is 4.